The minimum Gasteiger partial charge on any atom is -0.491 e. The summed E-state index contributed by atoms with van der Waals surface area (Å²) in [7, 11) is 0. The third-order valence-corrected chi connectivity index (χ3v) is 3.34. The van der Waals surface area contributed by atoms with Crippen LogP contribution in [0.3, 0.4) is 0 Å². The fourth-order valence-corrected chi connectivity index (χ4v) is 2.16. The van der Waals surface area contributed by atoms with Crippen LogP contribution in [0.4, 0.5) is 19.3 Å². The van der Waals surface area contributed by atoms with Gasteiger partial charge < -0.3 is 20.1 Å². The van der Waals surface area contributed by atoms with E-state index in [1.165, 1.54) is 6.07 Å². The van der Waals surface area contributed by atoms with Crippen molar-refractivity contribution in [1.29, 1.82) is 0 Å². The number of ether oxygens (including phenoxy) is 2. The molecule has 0 saturated carbocycles. The molecular formula is C14H17ClF2N2O3. The molecule has 1 fully saturated rings. The van der Waals surface area contributed by atoms with Gasteiger partial charge in [0.15, 0.2) is 0 Å². The molecule has 0 spiro atoms. The maximum Gasteiger partial charge on any atom is 0.319 e. The highest BCUT2D eigenvalue weighted by molar-refractivity contribution is 6.31. The molecular weight excluding hydrogens is 318 g/mol. The molecule has 0 bridgehead atoms. The van der Waals surface area contributed by atoms with Gasteiger partial charge >= 0.3 is 6.03 Å². The largest absolute Gasteiger partial charge is 0.491 e. The summed E-state index contributed by atoms with van der Waals surface area (Å²) in [6, 6.07) is 4.02. The van der Waals surface area contributed by atoms with Gasteiger partial charge in [-0.05, 0) is 24.6 Å². The third-order valence-electron chi connectivity index (χ3n) is 3.11. The number of nitrogens with one attached hydrogen (secondary N) is 2. The first kappa shape index (κ1) is 16.8. The van der Waals surface area contributed by atoms with Crippen LogP contribution >= 0.6 is 11.6 Å². The topological polar surface area (TPSA) is 59.6 Å². The maximum atomic E-state index is 12.1. The standard InChI is InChI=1S/C14H17ClF2N2O3/c15-10-1-2-12(22-8-9-3-4-21-7-9)11(5-10)19-14(20)18-6-13(16)17/h1-2,5,9,13H,3-4,6-8H2,(H2,18,19,20)/t9-/m1/s1. The van der Waals surface area contributed by atoms with Gasteiger partial charge in [-0.15, -0.1) is 0 Å². The van der Waals surface area contributed by atoms with Gasteiger partial charge in [0, 0.05) is 17.5 Å². The second kappa shape index (κ2) is 8.14. The first-order chi connectivity index (χ1) is 10.5. The number of carbonyl (C=O) groups excluding carboxylic acids is 1. The van der Waals surface area contributed by atoms with Crippen LogP contribution in [0.1, 0.15) is 6.42 Å². The Hall–Kier alpha value is -1.60. The molecule has 1 aliphatic rings. The average molecular weight is 335 g/mol. The Labute approximate surface area is 131 Å². The van der Waals surface area contributed by atoms with Crippen LogP contribution in [0.2, 0.25) is 5.02 Å². The van der Waals surface area contributed by atoms with Gasteiger partial charge in [-0.3, -0.25) is 0 Å². The Morgan fingerprint density at radius 3 is 3.00 bits per heavy atom. The van der Waals surface area contributed by atoms with Crippen LogP contribution in [0, 0.1) is 5.92 Å². The number of benzene rings is 1. The van der Waals surface area contributed by atoms with Crippen molar-refractivity contribution in [2.24, 2.45) is 5.92 Å². The molecule has 5 nitrogen and oxygen atoms in total. The molecule has 2 N–H and O–H groups in total. The fourth-order valence-electron chi connectivity index (χ4n) is 1.98. The highest BCUT2D eigenvalue weighted by Crippen LogP contribution is 2.29. The number of hydrogen-bond acceptors (Lipinski definition) is 3. The zero-order valence-electron chi connectivity index (χ0n) is 11.8. The van der Waals surface area contributed by atoms with Crippen molar-refractivity contribution in [1.82, 2.24) is 5.32 Å². The molecule has 1 heterocycles. The lowest BCUT2D eigenvalue weighted by molar-refractivity contribution is 0.148. The van der Waals surface area contributed by atoms with E-state index in [1.54, 1.807) is 12.1 Å². The van der Waals surface area contributed by atoms with E-state index in [0.29, 0.717) is 35.6 Å². The van der Waals surface area contributed by atoms with Gasteiger partial charge in [0.05, 0.1) is 25.4 Å². The van der Waals surface area contributed by atoms with Crippen molar-refractivity contribution in [3.05, 3.63) is 23.2 Å². The molecule has 1 aromatic rings. The summed E-state index contributed by atoms with van der Waals surface area (Å²) in [5, 5.41) is 4.92. The second-order valence-corrected chi connectivity index (χ2v) is 5.34. The van der Waals surface area contributed by atoms with Crippen molar-refractivity contribution in [2.45, 2.75) is 12.8 Å². The summed E-state index contributed by atoms with van der Waals surface area (Å²) >= 11 is 5.89. The lowest BCUT2D eigenvalue weighted by Gasteiger charge is -2.15. The highest BCUT2D eigenvalue weighted by atomic mass is 35.5. The number of urea groups is 1. The van der Waals surface area contributed by atoms with Crippen molar-refractivity contribution < 1.29 is 23.0 Å². The summed E-state index contributed by atoms with van der Waals surface area (Å²) in [4.78, 5) is 11.6. The zero-order valence-corrected chi connectivity index (χ0v) is 12.5. The minimum absolute atomic E-state index is 0.302. The maximum absolute atomic E-state index is 12.1. The number of alkyl halides is 2. The molecule has 8 heteroatoms. The van der Waals surface area contributed by atoms with Crippen LogP contribution in [0.5, 0.6) is 5.75 Å². The highest BCUT2D eigenvalue weighted by Gasteiger charge is 2.17. The van der Waals surface area contributed by atoms with Crippen molar-refractivity contribution in [2.75, 3.05) is 31.7 Å². The molecule has 0 radical (unpaired) electrons. The fraction of sp³-hybridized carbons (Fsp3) is 0.500. The molecule has 0 unspecified atom stereocenters. The van der Waals surface area contributed by atoms with Gasteiger partial charge in [-0.2, -0.15) is 0 Å². The molecule has 1 aromatic carbocycles. The van der Waals surface area contributed by atoms with Crippen LogP contribution in [0.15, 0.2) is 18.2 Å². The smallest absolute Gasteiger partial charge is 0.319 e. The van der Waals surface area contributed by atoms with Crippen LogP contribution < -0.4 is 15.4 Å². The Balaban J connectivity index is 1.95. The van der Waals surface area contributed by atoms with Gasteiger partial charge in [0.2, 0.25) is 0 Å². The van der Waals surface area contributed by atoms with E-state index >= 15 is 0 Å². The van der Waals surface area contributed by atoms with E-state index in [-0.39, 0.29) is 0 Å². The third kappa shape index (κ3) is 5.31. The second-order valence-electron chi connectivity index (χ2n) is 4.91. The molecule has 1 saturated heterocycles. The summed E-state index contributed by atoms with van der Waals surface area (Å²) in [6.45, 7) is 1.10. The first-order valence-electron chi connectivity index (χ1n) is 6.87. The molecule has 122 valence electrons. The Bertz CT molecular complexity index is 511. The number of hydrogen-bond donors (Lipinski definition) is 2. The molecule has 0 aliphatic carbocycles. The number of carbonyl (C=O) groups is 1. The van der Waals surface area contributed by atoms with E-state index in [9.17, 15) is 13.6 Å². The quantitative estimate of drug-likeness (QED) is 0.840. The Kier molecular flexibility index (Phi) is 6.21. The van der Waals surface area contributed by atoms with Gasteiger partial charge in [-0.25, -0.2) is 13.6 Å². The van der Waals surface area contributed by atoms with Crippen LogP contribution in [-0.2, 0) is 4.74 Å². The lowest BCUT2D eigenvalue weighted by Crippen LogP contribution is -2.32. The summed E-state index contributed by atoms with van der Waals surface area (Å²) in [6.07, 6.45) is -1.69. The van der Waals surface area contributed by atoms with Gasteiger partial charge in [0.1, 0.15) is 5.75 Å². The monoisotopic (exact) mass is 334 g/mol. The Morgan fingerprint density at radius 1 is 1.50 bits per heavy atom. The SMILES string of the molecule is O=C(NCC(F)F)Nc1cc(Cl)ccc1OC[C@@H]1CCOC1. The number of halogens is 3. The first-order valence-corrected chi connectivity index (χ1v) is 7.25. The molecule has 1 aliphatic heterocycles. The number of amides is 2. The number of anilines is 1. The molecule has 2 amide bonds. The van der Waals surface area contributed by atoms with E-state index in [4.69, 9.17) is 21.1 Å². The predicted molar refractivity (Wildman–Crippen MR) is 78.9 cm³/mol. The lowest BCUT2D eigenvalue weighted by atomic mass is 10.1. The van der Waals surface area contributed by atoms with E-state index in [2.05, 4.69) is 10.6 Å². The Morgan fingerprint density at radius 2 is 2.32 bits per heavy atom. The summed E-state index contributed by atoms with van der Waals surface area (Å²) in [5.41, 5.74) is 0.332. The average Bonchev–Trinajstić information content (AvgIpc) is 2.97. The predicted octanol–water partition coefficient (Wildman–Crippen LogP) is 3.14. The van der Waals surface area contributed by atoms with Crippen molar-refractivity contribution in [3.63, 3.8) is 0 Å². The molecule has 22 heavy (non-hydrogen) atoms. The summed E-state index contributed by atoms with van der Waals surface area (Å²) < 4.78 is 35.1. The van der Waals surface area contributed by atoms with Gasteiger partial charge in [0.25, 0.3) is 6.43 Å². The normalized spacial score (nSPS) is 17.5. The van der Waals surface area contributed by atoms with Crippen LogP contribution in [0.25, 0.3) is 0 Å². The van der Waals surface area contributed by atoms with Crippen molar-refractivity contribution in [3.8, 4) is 5.75 Å². The van der Waals surface area contributed by atoms with Crippen LogP contribution in [-0.4, -0.2) is 38.8 Å². The molecule has 2 rings (SSSR count). The van der Waals surface area contributed by atoms with Crippen molar-refractivity contribution >= 4 is 23.3 Å². The van der Waals surface area contributed by atoms with E-state index < -0.39 is 19.0 Å². The molecule has 0 aromatic heterocycles. The molecule has 1 atom stereocenters. The minimum atomic E-state index is -2.61. The van der Waals surface area contributed by atoms with E-state index in [0.717, 1.165) is 13.0 Å². The summed E-state index contributed by atoms with van der Waals surface area (Å²) in [5.74, 6) is 0.736. The van der Waals surface area contributed by atoms with Gasteiger partial charge in [-0.1, -0.05) is 11.6 Å². The van der Waals surface area contributed by atoms with E-state index in [1.807, 2.05) is 0 Å². The number of rotatable bonds is 6. The zero-order chi connectivity index (χ0) is 15.9.